The normalized spacial score (nSPS) is 28.3. The lowest BCUT2D eigenvalue weighted by Crippen LogP contribution is -2.54. The van der Waals surface area contributed by atoms with Crippen molar-refractivity contribution < 1.29 is 22.7 Å². The Morgan fingerprint density at radius 1 is 1.25 bits per heavy atom. The molecule has 2 heterocycles. The van der Waals surface area contributed by atoms with Crippen LogP contribution in [0.25, 0.3) is 0 Å². The summed E-state index contributed by atoms with van der Waals surface area (Å²) in [7, 11) is 0. The number of hydrogen-bond donors (Lipinski definition) is 1. The molecule has 0 aromatic carbocycles. The molecule has 0 aromatic heterocycles. The van der Waals surface area contributed by atoms with Gasteiger partial charge in [-0.25, -0.2) is 4.79 Å². The zero-order valence-electron chi connectivity index (χ0n) is 13.9. The van der Waals surface area contributed by atoms with E-state index in [0.29, 0.717) is 19.2 Å². The molecule has 0 radical (unpaired) electrons. The van der Waals surface area contributed by atoms with E-state index in [1.165, 1.54) is 11.3 Å². The Morgan fingerprint density at radius 3 is 2.71 bits per heavy atom. The van der Waals surface area contributed by atoms with Gasteiger partial charge in [0.1, 0.15) is 0 Å². The van der Waals surface area contributed by atoms with E-state index in [9.17, 15) is 18.0 Å². The second-order valence-electron chi connectivity index (χ2n) is 7.08. The number of morpholine rings is 1. The SMILES string of the molecule is O=C(NCC1CN2CCCC2CO1)N(CCC(F)(F)F)C1CCC1. The first-order valence-electron chi connectivity index (χ1n) is 8.89. The van der Waals surface area contributed by atoms with Crippen LogP contribution in [-0.4, -0.2) is 73.0 Å². The number of hydrogen-bond acceptors (Lipinski definition) is 3. The minimum atomic E-state index is -4.24. The fourth-order valence-corrected chi connectivity index (χ4v) is 3.71. The lowest BCUT2D eigenvalue weighted by Gasteiger charge is -2.39. The number of carbonyl (C=O) groups excluding carboxylic acids is 1. The highest BCUT2D eigenvalue weighted by atomic mass is 19.4. The van der Waals surface area contributed by atoms with Crippen molar-refractivity contribution in [2.45, 2.75) is 62.9 Å². The number of urea groups is 1. The number of alkyl halides is 3. The van der Waals surface area contributed by atoms with E-state index in [2.05, 4.69) is 10.2 Å². The Balaban J connectivity index is 1.46. The van der Waals surface area contributed by atoms with Crippen LogP contribution in [0.2, 0.25) is 0 Å². The van der Waals surface area contributed by atoms with E-state index in [1.54, 1.807) is 0 Å². The lowest BCUT2D eigenvalue weighted by molar-refractivity contribution is -0.138. The molecule has 1 aliphatic carbocycles. The molecule has 0 bridgehead atoms. The summed E-state index contributed by atoms with van der Waals surface area (Å²) in [6.45, 7) is 2.63. The standard InChI is InChI=1S/C16H26F3N3O2/c17-16(18,19)6-8-22(12-3-1-4-12)15(23)20-9-14-10-21-7-2-5-13(21)11-24-14/h12-14H,1-11H2,(H,20,23). The quantitative estimate of drug-likeness (QED) is 0.829. The molecule has 3 fully saturated rings. The average molecular weight is 349 g/mol. The van der Waals surface area contributed by atoms with Crippen molar-refractivity contribution in [3.63, 3.8) is 0 Å². The Labute approximate surface area is 140 Å². The van der Waals surface area contributed by atoms with Crippen molar-refractivity contribution in [2.75, 3.05) is 32.8 Å². The van der Waals surface area contributed by atoms with Gasteiger partial charge in [0, 0.05) is 31.7 Å². The van der Waals surface area contributed by atoms with Crippen LogP contribution in [0.4, 0.5) is 18.0 Å². The van der Waals surface area contributed by atoms with Crippen molar-refractivity contribution >= 4 is 6.03 Å². The molecule has 1 saturated carbocycles. The van der Waals surface area contributed by atoms with Gasteiger partial charge in [-0.1, -0.05) is 0 Å². The molecular formula is C16H26F3N3O2. The van der Waals surface area contributed by atoms with Crippen LogP contribution in [0, 0.1) is 0 Å². The zero-order valence-corrected chi connectivity index (χ0v) is 13.9. The summed E-state index contributed by atoms with van der Waals surface area (Å²) >= 11 is 0. The molecule has 8 heteroatoms. The van der Waals surface area contributed by atoms with Crippen LogP contribution >= 0.6 is 0 Å². The second kappa shape index (κ2) is 7.47. The maximum atomic E-state index is 12.5. The first-order valence-corrected chi connectivity index (χ1v) is 8.89. The molecule has 1 N–H and O–H groups in total. The minimum absolute atomic E-state index is 0.0532. The number of rotatable bonds is 5. The van der Waals surface area contributed by atoms with Gasteiger partial charge in [-0.15, -0.1) is 0 Å². The van der Waals surface area contributed by atoms with Crippen LogP contribution in [0.1, 0.15) is 38.5 Å². The maximum Gasteiger partial charge on any atom is 0.390 e. The Bertz CT molecular complexity index is 443. The molecule has 2 aliphatic heterocycles. The molecule has 0 aromatic rings. The van der Waals surface area contributed by atoms with Gasteiger partial charge >= 0.3 is 12.2 Å². The maximum absolute atomic E-state index is 12.5. The van der Waals surface area contributed by atoms with Crippen molar-refractivity contribution in [1.82, 2.24) is 15.1 Å². The number of amides is 2. The summed E-state index contributed by atoms with van der Waals surface area (Å²) in [5.74, 6) is 0. The van der Waals surface area contributed by atoms with Gasteiger partial charge in [-0.3, -0.25) is 4.90 Å². The van der Waals surface area contributed by atoms with Gasteiger partial charge < -0.3 is 15.0 Å². The number of halogens is 3. The van der Waals surface area contributed by atoms with Gasteiger partial charge in [0.25, 0.3) is 0 Å². The number of ether oxygens (including phenoxy) is 1. The average Bonchev–Trinajstić information content (AvgIpc) is 2.93. The van der Waals surface area contributed by atoms with Gasteiger partial charge in [-0.05, 0) is 38.6 Å². The first kappa shape index (κ1) is 17.8. The topological polar surface area (TPSA) is 44.8 Å². The van der Waals surface area contributed by atoms with Gasteiger partial charge in [0.15, 0.2) is 0 Å². The summed E-state index contributed by atoms with van der Waals surface area (Å²) in [6, 6.07) is 0.0499. The van der Waals surface area contributed by atoms with Gasteiger partial charge in [0.2, 0.25) is 0 Å². The first-order chi connectivity index (χ1) is 11.4. The van der Waals surface area contributed by atoms with Crippen LogP contribution in [0.15, 0.2) is 0 Å². The van der Waals surface area contributed by atoms with E-state index < -0.39 is 18.6 Å². The molecule has 2 amide bonds. The Hall–Kier alpha value is -1.02. The summed E-state index contributed by atoms with van der Waals surface area (Å²) < 4.78 is 43.2. The van der Waals surface area contributed by atoms with E-state index in [0.717, 1.165) is 38.8 Å². The molecule has 2 atom stereocenters. The number of nitrogens with one attached hydrogen (secondary N) is 1. The molecule has 2 saturated heterocycles. The van der Waals surface area contributed by atoms with Crippen LogP contribution in [0.5, 0.6) is 0 Å². The number of fused-ring (bicyclic) bond motifs is 1. The van der Waals surface area contributed by atoms with Gasteiger partial charge in [0.05, 0.1) is 19.1 Å². The smallest absolute Gasteiger partial charge is 0.373 e. The molecule has 24 heavy (non-hydrogen) atoms. The third-order valence-corrected chi connectivity index (χ3v) is 5.35. The summed E-state index contributed by atoms with van der Waals surface area (Å²) in [4.78, 5) is 16.1. The molecule has 3 aliphatic rings. The van der Waals surface area contributed by atoms with Crippen molar-refractivity contribution in [3.8, 4) is 0 Å². The molecule has 138 valence electrons. The predicted octanol–water partition coefficient (Wildman–Crippen LogP) is 2.37. The van der Waals surface area contributed by atoms with E-state index in [4.69, 9.17) is 4.74 Å². The highest BCUT2D eigenvalue weighted by Crippen LogP contribution is 2.28. The fraction of sp³-hybridized carbons (Fsp3) is 0.938. The van der Waals surface area contributed by atoms with E-state index in [-0.39, 0.29) is 18.7 Å². The predicted molar refractivity (Wildman–Crippen MR) is 82.8 cm³/mol. The van der Waals surface area contributed by atoms with Crippen molar-refractivity contribution in [3.05, 3.63) is 0 Å². The third-order valence-electron chi connectivity index (χ3n) is 5.35. The lowest BCUT2D eigenvalue weighted by atomic mass is 9.91. The fourth-order valence-electron chi connectivity index (χ4n) is 3.71. The molecular weight excluding hydrogens is 323 g/mol. The minimum Gasteiger partial charge on any atom is -0.373 e. The number of carbonyl (C=O) groups is 1. The summed E-state index contributed by atoms with van der Waals surface area (Å²) in [5, 5.41) is 2.79. The number of nitrogens with zero attached hydrogens (tertiary/aromatic N) is 2. The van der Waals surface area contributed by atoms with Crippen molar-refractivity contribution in [2.24, 2.45) is 0 Å². The van der Waals surface area contributed by atoms with Gasteiger partial charge in [-0.2, -0.15) is 13.2 Å². The van der Waals surface area contributed by atoms with E-state index >= 15 is 0 Å². The summed E-state index contributed by atoms with van der Waals surface area (Å²) in [6.07, 6.45) is -0.365. The second-order valence-corrected chi connectivity index (χ2v) is 7.08. The van der Waals surface area contributed by atoms with Crippen LogP contribution in [0.3, 0.4) is 0 Å². The highest BCUT2D eigenvalue weighted by molar-refractivity contribution is 5.74. The Kier molecular flexibility index (Phi) is 5.54. The molecule has 5 nitrogen and oxygen atoms in total. The molecule has 2 unspecified atom stereocenters. The molecule has 3 rings (SSSR count). The van der Waals surface area contributed by atoms with Crippen LogP contribution < -0.4 is 5.32 Å². The zero-order chi connectivity index (χ0) is 17.2. The monoisotopic (exact) mass is 349 g/mol. The summed E-state index contributed by atoms with van der Waals surface area (Å²) in [5.41, 5.74) is 0. The van der Waals surface area contributed by atoms with Crippen LogP contribution in [-0.2, 0) is 4.74 Å². The third kappa shape index (κ3) is 4.53. The Morgan fingerprint density at radius 2 is 2.04 bits per heavy atom. The largest absolute Gasteiger partial charge is 0.390 e. The van der Waals surface area contributed by atoms with Crippen molar-refractivity contribution in [1.29, 1.82) is 0 Å². The highest BCUT2D eigenvalue weighted by Gasteiger charge is 2.35. The molecule has 0 spiro atoms. The van der Waals surface area contributed by atoms with E-state index in [1.807, 2.05) is 0 Å².